The maximum absolute atomic E-state index is 4.67. The molecule has 0 spiro atoms. The summed E-state index contributed by atoms with van der Waals surface area (Å²) in [5, 5.41) is 9.23. The molecule has 0 aliphatic rings. The van der Waals surface area contributed by atoms with Gasteiger partial charge in [0.05, 0.1) is 5.01 Å². The van der Waals surface area contributed by atoms with Crippen LogP contribution in [0.15, 0.2) is 35.5 Å². The molecule has 5 nitrogen and oxygen atoms in total. The Morgan fingerprint density at radius 3 is 2.81 bits per heavy atom. The summed E-state index contributed by atoms with van der Waals surface area (Å²) in [4.78, 5) is 13.8. The molecule has 3 N–H and O–H groups in total. The summed E-state index contributed by atoms with van der Waals surface area (Å²) in [7, 11) is 0. The maximum atomic E-state index is 4.67. The third-order valence-electron chi connectivity index (χ3n) is 4.30. The molecule has 0 unspecified atom stereocenters. The zero-order chi connectivity index (χ0) is 18.4. The number of aromatic amines is 1. The maximum Gasteiger partial charge on any atom is 0.191 e. The molecular weight excluding hydrogens is 342 g/mol. The van der Waals surface area contributed by atoms with Crippen molar-refractivity contribution in [3.05, 3.63) is 51.6 Å². The fourth-order valence-electron chi connectivity index (χ4n) is 3.08. The number of thiazole rings is 1. The van der Waals surface area contributed by atoms with E-state index in [1.54, 1.807) is 11.3 Å². The van der Waals surface area contributed by atoms with Gasteiger partial charge in [0.25, 0.3) is 0 Å². The zero-order valence-electron chi connectivity index (χ0n) is 15.7. The standard InChI is InChI=1S/C20H27N5S/c1-4-21-20(23-12-10-19-24-13-14(2)26-19)22-11-9-16-15(3)25-18-8-6-5-7-17(16)18/h5-8,13,25H,4,9-12H2,1-3H3,(H2,21,22,23). The van der Waals surface area contributed by atoms with E-state index in [-0.39, 0.29) is 0 Å². The second-order valence-electron chi connectivity index (χ2n) is 6.33. The number of hydrogen-bond acceptors (Lipinski definition) is 3. The molecule has 26 heavy (non-hydrogen) atoms. The number of hydrogen-bond donors (Lipinski definition) is 3. The van der Waals surface area contributed by atoms with Gasteiger partial charge in [0.2, 0.25) is 0 Å². The Hall–Kier alpha value is -2.34. The van der Waals surface area contributed by atoms with Gasteiger partial charge >= 0.3 is 0 Å². The van der Waals surface area contributed by atoms with Crippen molar-refractivity contribution in [1.82, 2.24) is 20.6 Å². The average molecular weight is 370 g/mol. The molecule has 0 saturated heterocycles. The minimum Gasteiger partial charge on any atom is -0.358 e. The van der Waals surface area contributed by atoms with Crippen LogP contribution < -0.4 is 10.6 Å². The fourth-order valence-corrected chi connectivity index (χ4v) is 3.86. The molecule has 0 aliphatic heterocycles. The fraction of sp³-hybridized carbons (Fsp3) is 0.400. The molecule has 0 aliphatic carbocycles. The summed E-state index contributed by atoms with van der Waals surface area (Å²) in [6.45, 7) is 8.77. The Bertz CT molecular complexity index is 877. The van der Waals surface area contributed by atoms with Crippen LogP contribution in [0.3, 0.4) is 0 Å². The minimum atomic E-state index is 0.744. The molecule has 3 rings (SSSR count). The van der Waals surface area contributed by atoms with Crippen LogP contribution in [0.25, 0.3) is 10.9 Å². The van der Waals surface area contributed by atoms with Gasteiger partial charge in [-0.3, -0.25) is 4.99 Å². The number of fused-ring (bicyclic) bond motifs is 1. The predicted molar refractivity (Wildman–Crippen MR) is 111 cm³/mol. The number of aliphatic imine (C=N–C) groups is 1. The SMILES string of the molecule is CCNC(=NCCc1ncc(C)s1)NCCc1c(C)[nH]c2ccccc12. The highest BCUT2D eigenvalue weighted by Crippen LogP contribution is 2.21. The van der Waals surface area contributed by atoms with Crippen LogP contribution in [0.4, 0.5) is 0 Å². The van der Waals surface area contributed by atoms with Crippen molar-refractivity contribution in [2.45, 2.75) is 33.6 Å². The van der Waals surface area contributed by atoms with Crippen LogP contribution in [0.2, 0.25) is 0 Å². The first-order valence-electron chi connectivity index (χ1n) is 9.17. The van der Waals surface area contributed by atoms with Gasteiger partial charge in [0.1, 0.15) is 0 Å². The quantitative estimate of drug-likeness (QED) is 0.440. The van der Waals surface area contributed by atoms with Gasteiger partial charge in [-0.05, 0) is 38.8 Å². The lowest BCUT2D eigenvalue weighted by Crippen LogP contribution is -2.38. The van der Waals surface area contributed by atoms with Gasteiger partial charge in [-0.25, -0.2) is 4.98 Å². The monoisotopic (exact) mass is 369 g/mol. The van der Waals surface area contributed by atoms with Gasteiger partial charge in [-0.1, -0.05) is 18.2 Å². The van der Waals surface area contributed by atoms with E-state index in [4.69, 9.17) is 0 Å². The summed E-state index contributed by atoms with van der Waals surface area (Å²) in [5.41, 5.74) is 3.83. The molecule has 138 valence electrons. The lowest BCUT2D eigenvalue weighted by Gasteiger charge is -2.11. The zero-order valence-corrected chi connectivity index (χ0v) is 16.5. The van der Waals surface area contributed by atoms with E-state index in [1.807, 2.05) is 6.20 Å². The van der Waals surface area contributed by atoms with Crippen LogP contribution in [-0.2, 0) is 12.8 Å². The molecule has 0 fully saturated rings. The van der Waals surface area contributed by atoms with Crippen molar-refractivity contribution in [2.75, 3.05) is 19.6 Å². The Morgan fingerprint density at radius 2 is 2.04 bits per heavy atom. The Labute approximate surface area is 159 Å². The van der Waals surface area contributed by atoms with Gasteiger partial charge in [-0.2, -0.15) is 0 Å². The predicted octanol–water partition coefficient (Wildman–Crippen LogP) is 3.58. The number of nitrogens with zero attached hydrogens (tertiary/aromatic N) is 2. The first-order valence-corrected chi connectivity index (χ1v) is 9.98. The molecular formula is C20H27N5S. The van der Waals surface area contributed by atoms with Crippen LogP contribution in [0, 0.1) is 13.8 Å². The molecule has 0 radical (unpaired) electrons. The van der Waals surface area contributed by atoms with E-state index >= 15 is 0 Å². The van der Waals surface area contributed by atoms with Crippen molar-refractivity contribution in [3.63, 3.8) is 0 Å². The highest BCUT2D eigenvalue weighted by molar-refractivity contribution is 7.11. The summed E-state index contributed by atoms with van der Waals surface area (Å²) >= 11 is 1.75. The summed E-state index contributed by atoms with van der Waals surface area (Å²) in [5.74, 6) is 0.873. The van der Waals surface area contributed by atoms with E-state index in [2.05, 4.69) is 70.6 Å². The molecule has 2 aromatic heterocycles. The minimum absolute atomic E-state index is 0.744. The molecule has 3 aromatic rings. The van der Waals surface area contributed by atoms with Crippen molar-refractivity contribution in [1.29, 1.82) is 0 Å². The van der Waals surface area contributed by atoms with Crippen LogP contribution in [0.5, 0.6) is 0 Å². The normalized spacial score (nSPS) is 11.9. The lowest BCUT2D eigenvalue weighted by atomic mass is 10.1. The molecule has 2 heterocycles. The summed E-state index contributed by atoms with van der Waals surface area (Å²) in [6, 6.07) is 8.48. The second-order valence-corrected chi connectivity index (χ2v) is 7.65. The van der Waals surface area contributed by atoms with Crippen molar-refractivity contribution in [3.8, 4) is 0 Å². The smallest absolute Gasteiger partial charge is 0.191 e. The first kappa shape index (κ1) is 18.5. The number of rotatable bonds is 7. The topological polar surface area (TPSA) is 65.1 Å². The van der Waals surface area contributed by atoms with E-state index in [0.29, 0.717) is 0 Å². The first-order chi connectivity index (χ1) is 12.7. The van der Waals surface area contributed by atoms with Crippen LogP contribution in [-0.4, -0.2) is 35.6 Å². The summed E-state index contributed by atoms with van der Waals surface area (Å²) in [6.07, 6.45) is 3.78. The number of H-pyrrole nitrogens is 1. The number of benzene rings is 1. The largest absolute Gasteiger partial charge is 0.358 e. The Kier molecular flexibility index (Phi) is 6.28. The number of nitrogens with one attached hydrogen (secondary N) is 3. The second kappa shape index (κ2) is 8.85. The van der Waals surface area contributed by atoms with Crippen LogP contribution in [0.1, 0.15) is 28.1 Å². The number of guanidine groups is 1. The van der Waals surface area contributed by atoms with Crippen LogP contribution >= 0.6 is 11.3 Å². The average Bonchev–Trinajstić information content (AvgIpc) is 3.18. The molecule has 0 saturated carbocycles. The van der Waals surface area contributed by atoms with Crippen molar-refractivity contribution < 1.29 is 0 Å². The molecule has 0 atom stereocenters. The van der Waals surface area contributed by atoms with Gasteiger partial charge in [-0.15, -0.1) is 11.3 Å². The van der Waals surface area contributed by atoms with Crippen molar-refractivity contribution >= 4 is 28.2 Å². The molecule has 1 aromatic carbocycles. The third-order valence-corrected chi connectivity index (χ3v) is 5.28. The Balaban J connectivity index is 1.56. The van der Waals surface area contributed by atoms with E-state index in [9.17, 15) is 0 Å². The molecule has 6 heteroatoms. The van der Waals surface area contributed by atoms with E-state index < -0.39 is 0 Å². The van der Waals surface area contributed by atoms with Gasteiger partial charge in [0.15, 0.2) is 5.96 Å². The highest BCUT2D eigenvalue weighted by atomic mass is 32.1. The number of aromatic nitrogens is 2. The third kappa shape index (κ3) is 4.64. The van der Waals surface area contributed by atoms with Gasteiger partial charge < -0.3 is 15.6 Å². The summed E-state index contributed by atoms with van der Waals surface area (Å²) < 4.78 is 0. The Morgan fingerprint density at radius 1 is 1.19 bits per heavy atom. The number of para-hydroxylation sites is 1. The molecule has 0 bridgehead atoms. The van der Waals surface area contributed by atoms with E-state index in [1.165, 1.54) is 27.0 Å². The highest BCUT2D eigenvalue weighted by Gasteiger charge is 2.08. The van der Waals surface area contributed by atoms with Gasteiger partial charge in [0, 0.05) is 53.7 Å². The van der Waals surface area contributed by atoms with Crippen molar-refractivity contribution in [2.24, 2.45) is 4.99 Å². The van der Waals surface area contributed by atoms with E-state index in [0.717, 1.165) is 43.4 Å². The number of aryl methyl sites for hydroxylation is 2. The lowest BCUT2D eigenvalue weighted by molar-refractivity contribution is 0.796. The molecule has 0 amide bonds.